The van der Waals surface area contributed by atoms with Crippen LogP contribution in [0.4, 0.5) is 10.6 Å². The lowest BCUT2D eigenvalue weighted by molar-refractivity contribution is 0.155. The maximum absolute atomic E-state index is 11.4. The van der Waals surface area contributed by atoms with E-state index in [4.69, 9.17) is 4.74 Å². The number of aromatic nitrogens is 2. The predicted octanol–water partition coefficient (Wildman–Crippen LogP) is 2.23. The molecule has 2 aromatic rings. The first-order valence-electron chi connectivity index (χ1n) is 5.08. The van der Waals surface area contributed by atoms with Gasteiger partial charge in [0, 0.05) is 6.20 Å². The Morgan fingerprint density at radius 2 is 2.06 bits per heavy atom. The number of rotatable bonds is 3. The summed E-state index contributed by atoms with van der Waals surface area (Å²) >= 11 is 0. The van der Waals surface area contributed by atoms with Gasteiger partial charge in [-0.2, -0.15) is 0 Å². The number of nitrogens with one attached hydrogen (secondary N) is 1. The molecule has 1 N–H and O–H groups in total. The number of anilines is 1. The standard InChI is InChI=1S/C12H11N3O2/c16-12(15-11-6-7-13-9-14-11)17-8-10-4-2-1-3-5-10/h1-7,9H,8H2,(H,13,14,15,16). The van der Waals surface area contributed by atoms with Gasteiger partial charge in [0.05, 0.1) is 0 Å². The molecular weight excluding hydrogens is 218 g/mol. The van der Waals surface area contributed by atoms with Crippen molar-refractivity contribution in [3.8, 4) is 0 Å². The molecule has 0 spiro atoms. The summed E-state index contributed by atoms with van der Waals surface area (Å²) in [4.78, 5) is 19.0. The van der Waals surface area contributed by atoms with Crippen LogP contribution in [0.15, 0.2) is 48.9 Å². The Balaban J connectivity index is 1.83. The molecule has 1 amide bonds. The highest BCUT2D eigenvalue weighted by molar-refractivity contribution is 5.83. The number of carbonyl (C=O) groups excluding carboxylic acids is 1. The number of carbonyl (C=O) groups is 1. The summed E-state index contributed by atoms with van der Waals surface area (Å²) in [7, 11) is 0. The average molecular weight is 229 g/mol. The second-order valence-electron chi connectivity index (χ2n) is 3.28. The summed E-state index contributed by atoms with van der Waals surface area (Å²) in [5.41, 5.74) is 0.935. The summed E-state index contributed by atoms with van der Waals surface area (Å²) in [5, 5.41) is 2.50. The summed E-state index contributed by atoms with van der Waals surface area (Å²) in [6, 6.07) is 11.0. The van der Waals surface area contributed by atoms with Crippen molar-refractivity contribution in [2.75, 3.05) is 5.32 Å². The smallest absolute Gasteiger partial charge is 0.413 e. The largest absolute Gasteiger partial charge is 0.444 e. The Morgan fingerprint density at radius 1 is 1.24 bits per heavy atom. The first kappa shape index (κ1) is 11.1. The van der Waals surface area contributed by atoms with E-state index in [-0.39, 0.29) is 6.61 Å². The molecule has 0 fully saturated rings. The highest BCUT2D eigenvalue weighted by Crippen LogP contribution is 2.03. The molecule has 1 aromatic carbocycles. The van der Waals surface area contributed by atoms with Crippen molar-refractivity contribution < 1.29 is 9.53 Å². The number of ether oxygens (including phenoxy) is 1. The van der Waals surface area contributed by atoms with Crippen LogP contribution in [0.3, 0.4) is 0 Å². The van der Waals surface area contributed by atoms with Gasteiger partial charge >= 0.3 is 6.09 Å². The van der Waals surface area contributed by atoms with Crippen LogP contribution >= 0.6 is 0 Å². The Bertz CT molecular complexity index is 474. The fourth-order valence-corrected chi connectivity index (χ4v) is 1.23. The predicted molar refractivity (Wildman–Crippen MR) is 62.3 cm³/mol. The third-order valence-electron chi connectivity index (χ3n) is 2.02. The van der Waals surface area contributed by atoms with Crippen LogP contribution in [-0.2, 0) is 11.3 Å². The highest BCUT2D eigenvalue weighted by atomic mass is 16.5. The van der Waals surface area contributed by atoms with Crippen LogP contribution in [0.25, 0.3) is 0 Å². The van der Waals surface area contributed by atoms with Crippen molar-refractivity contribution in [1.29, 1.82) is 0 Å². The lowest BCUT2D eigenvalue weighted by atomic mass is 10.2. The normalized spacial score (nSPS) is 9.65. The molecule has 0 aliphatic heterocycles. The van der Waals surface area contributed by atoms with Crippen LogP contribution < -0.4 is 5.32 Å². The van der Waals surface area contributed by atoms with Crippen molar-refractivity contribution >= 4 is 11.9 Å². The zero-order valence-corrected chi connectivity index (χ0v) is 9.04. The van der Waals surface area contributed by atoms with Crippen molar-refractivity contribution in [2.45, 2.75) is 6.61 Å². The quantitative estimate of drug-likeness (QED) is 0.876. The summed E-state index contributed by atoms with van der Waals surface area (Å²) in [6.45, 7) is 0.234. The second-order valence-corrected chi connectivity index (χ2v) is 3.28. The van der Waals surface area contributed by atoms with Gasteiger partial charge < -0.3 is 4.74 Å². The fraction of sp³-hybridized carbons (Fsp3) is 0.0833. The maximum atomic E-state index is 11.4. The third kappa shape index (κ3) is 3.57. The van der Waals surface area contributed by atoms with Crippen molar-refractivity contribution in [3.63, 3.8) is 0 Å². The van der Waals surface area contributed by atoms with Gasteiger partial charge in [-0.15, -0.1) is 0 Å². The van der Waals surface area contributed by atoms with E-state index in [9.17, 15) is 4.79 Å². The lowest BCUT2D eigenvalue weighted by Gasteiger charge is -2.05. The van der Waals surface area contributed by atoms with E-state index < -0.39 is 6.09 Å². The SMILES string of the molecule is O=C(Nc1ccncn1)OCc1ccccc1. The van der Waals surface area contributed by atoms with Crippen LogP contribution in [0.5, 0.6) is 0 Å². The summed E-state index contributed by atoms with van der Waals surface area (Å²) in [5.74, 6) is 0.415. The molecule has 0 saturated carbocycles. The van der Waals surface area contributed by atoms with E-state index in [1.54, 1.807) is 12.3 Å². The summed E-state index contributed by atoms with van der Waals surface area (Å²) in [6.07, 6.45) is 2.36. The van der Waals surface area contributed by atoms with E-state index in [2.05, 4.69) is 15.3 Å². The third-order valence-corrected chi connectivity index (χ3v) is 2.02. The van der Waals surface area contributed by atoms with Crippen molar-refractivity contribution in [1.82, 2.24) is 9.97 Å². The zero-order valence-electron chi connectivity index (χ0n) is 9.04. The monoisotopic (exact) mass is 229 g/mol. The van der Waals surface area contributed by atoms with Gasteiger partial charge in [0.1, 0.15) is 18.8 Å². The Morgan fingerprint density at radius 3 is 2.76 bits per heavy atom. The van der Waals surface area contributed by atoms with Gasteiger partial charge in [-0.05, 0) is 11.6 Å². The number of benzene rings is 1. The van der Waals surface area contributed by atoms with Gasteiger partial charge in [0.15, 0.2) is 0 Å². The molecule has 1 aromatic heterocycles. The van der Waals surface area contributed by atoms with Crippen LogP contribution in [0.2, 0.25) is 0 Å². The molecule has 0 unspecified atom stereocenters. The number of nitrogens with zero attached hydrogens (tertiary/aromatic N) is 2. The minimum atomic E-state index is -0.535. The average Bonchev–Trinajstić information content (AvgIpc) is 2.39. The van der Waals surface area contributed by atoms with Gasteiger partial charge in [-0.3, -0.25) is 5.32 Å². The van der Waals surface area contributed by atoms with Crippen molar-refractivity contribution in [3.05, 3.63) is 54.5 Å². The fourth-order valence-electron chi connectivity index (χ4n) is 1.23. The molecule has 0 bridgehead atoms. The van der Waals surface area contributed by atoms with Crippen LogP contribution in [0.1, 0.15) is 5.56 Å². The Labute approximate surface area is 98.5 Å². The zero-order chi connectivity index (χ0) is 11.9. The Kier molecular flexibility index (Phi) is 3.64. The molecule has 86 valence electrons. The number of hydrogen-bond donors (Lipinski definition) is 1. The van der Waals surface area contributed by atoms with E-state index in [1.165, 1.54) is 6.33 Å². The van der Waals surface area contributed by atoms with E-state index >= 15 is 0 Å². The van der Waals surface area contributed by atoms with Crippen molar-refractivity contribution in [2.24, 2.45) is 0 Å². The van der Waals surface area contributed by atoms with E-state index in [0.717, 1.165) is 5.56 Å². The molecule has 0 saturated heterocycles. The first-order valence-corrected chi connectivity index (χ1v) is 5.08. The summed E-state index contributed by atoms with van der Waals surface area (Å²) < 4.78 is 5.02. The second kappa shape index (κ2) is 5.60. The molecule has 0 atom stereocenters. The first-order chi connectivity index (χ1) is 8.34. The molecule has 0 aliphatic carbocycles. The Hall–Kier alpha value is -2.43. The van der Waals surface area contributed by atoms with Crippen LogP contribution in [-0.4, -0.2) is 16.1 Å². The molecule has 5 heteroatoms. The molecule has 2 rings (SSSR count). The molecule has 1 heterocycles. The number of hydrogen-bond acceptors (Lipinski definition) is 4. The van der Waals surface area contributed by atoms with E-state index in [1.807, 2.05) is 30.3 Å². The molecular formula is C12H11N3O2. The molecule has 5 nitrogen and oxygen atoms in total. The topological polar surface area (TPSA) is 64.1 Å². The lowest BCUT2D eigenvalue weighted by Crippen LogP contribution is -2.14. The van der Waals surface area contributed by atoms with Gasteiger partial charge in [0.25, 0.3) is 0 Å². The van der Waals surface area contributed by atoms with Crippen LogP contribution in [0, 0.1) is 0 Å². The molecule has 17 heavy (non-hydrogen) atoms. The van der Waals surface area contributed by atoms with Gasteiger partial charge in [-0.25, -0.2) is 14.8 Å². The van der Waals surface area contributed by atoms with E-state index in [0.29, 0.717) is 5.82 Å². The molecule has 0 radical (unpaired) electrons. The minimum absolute atomic E-state index is 0.234. The van der Waals surface area contributed by atoms with Gasteiger partial charge in [0.2, 0.25) is 0 Å². The maximum Gasteiger partial charge on any atom is 0.413 e. The molecule has 0 aliphatic rings. The highest BCUT2D eigenvalue weighted by Gasteiger charge is 2.03. The minimum Gasteiger partial charge on any atom is -0.444 e. The van der Waals surface area contributed by atoms with Gasteiger partial charge in [-0.1, -0.05) is 30.3 Å². The number of amides is 1.